The van der Waals surface area contributed by atoms with Crippen molar-refractivity contribution in [1.82, 2.24) is 24.4 Å². The third kappa shape index (κ3) is 1.97. The molecule has 3 rings (SSSR count). The summed E-state index contributed by atoms with van der Waals surface area (Å²) in [6.45, 7) is 0.667. The third-order valence-corrected chi connectivity index (χ3v) is 3.10. The molecule has 0 radical (unpaired) electrons. The maximum atomic E-state index is 11.4. The van der Waals surface area contributed by atoms with E-state index >= 15 is 0 Å². The predicted octanol–water partition coefficient (Wildman–Crippen LogP) is 0.405. The molecule has 2 aromatic heterocycles. The van der Waals surface area contributed by atoms with Crippen LogP contribution in [0.1, 0.15) is 0 Å². The van der Waals surface area contributed by atoms with Crippen molar-refractivity contribution >= 4 is 34.6 Å². The summed E-state index contributed by atoms with van der Waals surface area (Å²) in [4.78, 5) is 36.0. The zero-order chi connectivity index (χ0) is 13.4. The average molecular weight is 278 g/mol. The number of hydrogen-bond donors (Lipinski definition) is 0. The molecule has 2 amide bonds. The standard InChI is InChI=1S/C11H8ClN5O2/c12-10-9-11(14-5-13-10)16(6-15-9)3-4-17-7(18)1-2-8(17)19/h1-2,5-6H,3-4H2. The van der Waals surface area contributed by atoms with E-state index in [2.05, 4.69) is 15.0 Å². The van der Waals surface area contributed by atoms with Gasteiger partial charge in [0.1, 0.15) is 11.8 Å². The fourth-order valence-electron chi connectivity index (χ4n) is 1.87. The topological polar surface area (TPSA) is 81.0 Å². The van der Waals surface area contributed by atoms with E-state index in [4.69, 9.17) is 11.6 Å². The van der Waals surface area contributed by atoms with Crippen LogP contribution in [0.25, 0.3) is 11.2 Å². The molecule has 0 fully saturated rings. The van der Waals surface area contributed by atoms with Gasteiger partial charge in [0.05, 0.1) is 6.33 Å². The first-order valence-corrected chi connectivity index (χ1v) is 5.89. The number of fused-ring (bicyclic) bond motifs is 1. The Hall–Kier alpha value is -2.28. The quantitative estimate of drug-likeness (QED) is 0.599. The highest BCUT2D eigenvalue weighted by Crippen LogP contribution is 2.17. The minimum Gasteiger partial charge on any atom is -0.313 e. The fraction of sp³-hybridized carbons (Fsp3) is 0.182. The van der Waals surface area contributed by atoms with E-state index in [-0.39, 0.29) is 23.5 Å². The minimum atomic E-state index is -0.304. The van der Waals surface area contributed by atoms with Crippen LogP contribution in [0.2, 0.25) is 5.15 Å². The van der Waals surface area contributed by atoms with Gasteiger partial charge in [0, 0.05) is 25.2 Å². The van der Waals surface area contributed by atoms with Crippen molar-refractivity contribution in [2.75, 3.05) is 6.54 Å². The van der Waals surface area contributed by atoms with Crippen LogP contribution in [0.15, 0.2) is 24.8 Å². The second kappa shape index (κ2) is 4.43. The Morgan fingerprint density at radius 1 is 1.05 bits per heavy atom. The molecule has 0 saturated carbocycles. The molecule has 19 heavy (non-hydrogen) atoms. The molecule has 0 spiro atoms. The number of nitrogens with zero attached hydrogens (tertiary/aromatic N) is 5. The average Bonchev–Trinajstić information content (AvgIpc) is 2.94. The van der Waals surface area contributed by atoms with Crippen molar-refractivity contribution in [3.63, 3.8) is 0 Å². The van der Waals surface area contributed by atoms with Crippen LogP contribution >= 0.6 is 11.6 Å². The monoisotopic (exact) mass is 277 g/mol. The third-order valence-electron chi connectivity index (χ3n) is 2.82. The van der Waals surface area contributed by atoms with Crippen LogP contribution in [0.4, 0.5) is 0 Å². The lowest BCUT2D eigenvalue weighted by atomic mass is 10.5. The summed E-state index contributed by atoms with van der Waals surface area (Å²) in [6, 6.07) is 0. The summed E-state index contributed by atoms with van der Waals surface area (Å²) in [7, 11) is 0. The maximum absolute atomic E-state index is 11.4. The summed E-state index contributed by atoms with van der Waals surface area (Å²) in [5, 5.41) is 0.277. The molecule has 0 aromatic carbocycles. The largest absolute Gasteiger partial charge is 0.313 e. The van der Waals surface area contributed by atoms with Crippen LogP contribution in [0.5, 0.6) is 0 Å². The van der Waals surface area contributed by atoms with Gasteiger partial charge in [0.2, 0.25) is 0 Å². The molecule has 0 N–H and O–H groups in total. The number of carbonyl (C=O) groups is 2. The van der Waals surface area contributed by atoms with Gasteiger partial charge in [-0.1, -0.05) is 11.6 Å². The van der Waals surface area contributed by atoms with Gasteiger partial charge in [-0.25, -0.2) is 15.0 Å². The molecule has 0 bridgehead atoms. The van der Waals surface area contributed by atoms with E-state index in [1.165, 1.54) is 18.5 Å². The Balaban J connectivity index is 1.81. The molecule has 0 unspecified atom stereocenters. The normalized spacial score (nSPS) is 14.9. The van der Waals surface area contributed by atoms with E-state index in [9.17, 15) is 9.59 Å². The molecule has 2 aromatic rings. The molecular formula is C11H8ClN5O2. The van der Waals surface area contributed by atoms with Crippen LogP contribution in [0, 0.1) is 0 Å². The van der Waals surface area contributed by atoms with Crippen LogP contribution in [-0.4, -0.2) is 42.8 Å². The van der Waals surface area contributed by atoms with Gasteiger partial charge in [-0.2, -0.15) is 0 Å². The van der Waals surface area contributed by atoms with Crippen molar-refractivity contribution in [3.8, 4) is 0 Å². The number of amides is 2. The van der Waals surface area contributed by atoms with E-state index < -0.39 is 0 Å². The van der Waals surface area contributed by atoms with Crippen molar-refractivity contribution in [1.29, 1.82) is 0 Å². The number of imidazole rings is 1. The maximum Gasteiger partial charge on any atom is 0.253 e. The SMILES string of the molecule is O=C1C=CC(=O)N1CCn1cnc2c(Cl)ncnc21. The Kier molecular flexibility index (Phi) is 2.75. The van der Waals surface area contributed by atoms with Gasteiger partial charge in [-0.3, -0.25) is 14.5 Å². The highest BCUT2D eigenvalue weighted by Gasteiger charge is 2.23. The number of rotatable bonds is 3. The summed E-state index contributed by atoms with van der Waals surface area (Å²) >= 11 is 5.89. The summed E-state index contributed by atoms with van der Waals surface area (Å²) in [5.41, 5.74) is 1.08. The Morgan fingerprint density at radius 2 is 1.79 bits per heavy atom. The zero-order valence-corrected chi connectivity index (χ0v) is 10.4. The van der Waals surface area contributed by atoms with Gasteiger partial charge >= 0.3 is 0 Å². The molecule has 3 heterocycles. The number of hydrogen-bond acceptors (Lipinski definition) is 5. The molecule has 7 nitrogen and oxygen atoms in total. The second-order valence-electron chi connectivity index (χ2n) is 3.94. The lowest BCUT2D eigenvalue weighted by Crippen LogP contribution is -2.32. The van der Waals surface area contributed by atoms with Gasteiger partial charge in [-0.15, -0.1) is 0 Å². The van der Waals surface area contributed by atoms with Gasteiger partial charge < -0.3 is 4.57 Å². The minimum absolute atomic E-state index is 0.262. The van der Waals surface area contributed by atoms with Gasteiger partial charge in [-0.05, 0) is 0 Å². The first-order valence-electron chi connectivity index (χ1n) is 5.51. The van der Waals surface area contributed by atoms with Crippen molar-refractivity contribution in [3.05, 3.63) is 30.0 Å². The fourth-order valence-corrected chi connectivity index (χ4v) is 2.05. The molecule has 8 heteroatoms. The van der Waals surface area contributed by atoms with E-state index in [0.29, 0.717) is 17.7 Å². The zero-order valence-electron chi connectivity index (χ0n) is 9.65. The smallest absolute Gasteiger partial charge is 0.253 e. The van der Waals surface area contributed by atoms with Crippen molar-refractivity contribution in [2.24, 2.45) is 0 Å². The van der Waals surface area contributed by atoms with Crippen LogP contribution in [-0.2, 0) is 16.1 Å². The molecule has 0 saturated heterocycles. The first kappa shape index (κ1) is 11.8. The molecular weight excluding hydrogens is 270 g/mol. The Bertz CT molecular complexity index is 690. The first-order chi connectivity index (χ1) is 9.16. The number of imide groups is 1. The molecule has 0 atom stereocenters. The number of halogens is 1. The molecule has 96 valence electrons. The van der Waals surface area contributed by atoms with Crippen molar-refractivity contribution < 1.29 is 9.59 Å². The van der Waals surface area contributed by atoms with Crippen LogP contribution in [0.3, 0.4) is 0 Å². The van der Waals surface area contributed by atoms with E-state index in [1.54, 1.807) is 10.9 Å². The van der Waals surface area contributed by atoms with Crippen LogP contribution < -0.4 is 0 Å². The van der Waals surface area contributed by atoms with E-state index in [0.717, 1.165) is 4.90 Å². The lowest BCUT2D eigenvalue weighted by Gasteiger charge is -2.13. The highest BCUT2D eigenvalue weighted by molar-refractivity contribution is 6.33. The number of aromatic nitrogens is 4. The molecule has 1 aliphatic heterocycles. The highest BCUT2D eigenvalue weighted by atomic mass is 35.5. The lowest BCUT2D eigenvalue weighted by molar-refractivity contribution is -0.136. The van der Waals surface area contributed by atoms with E-state index in [1.807, 2.05) is 0 Å². The van der Waals surface area contributed by atoms with Gasteiger partial charge in [0.25, 0.3) is 11.8 Å². The second-order valence-corrected chi connectivity index (χ2v) is 4.29. The Labute approximate surface area is 112 Å². The Morgan fingerprint density at radius 3 is 2.53 bits per heavy atom. The molecule has 1 aliphatic rings. The summed E-state index contributed by atoms with van der Waals surface area (Å²) in [6.07, 6.45) is 5.42. The summed E-state index contributed by atoms with van der Waals surface area (Å²) in [5.74, 6) is -0.607. The summed E-state index contributed by atoms with van der Waals surface area (Å²) < 4.78 is 1.72. The molecule has 0 aliphatic carbocycles. The van der Waals surface area contributed by atoms with Gasteiger partial charge in [0.15, 0.2) is 10.8 Å². The van der Waals surface area contributed by atoms with Crippen molar-refractivity contribution in [2.45, 2.75) is 6.54 Å². The number of carbonyl (C=O) groups excluding carboxylic acids is 2. The predicted molar refractivity (Wildman–Crippen MR) is 66.2 cm³/mol.